The molecule has 3 aromatic carbocycles. The predicted octanol–water partition coefficient (Wildman–Crippen LogP) is 5.09. The highest BCUT2D eigenvalue weighted by Crippen LogP contribution is 2.65. The summed E-state index contributed by atoms with van der Waals surface area (Å²) >= 11 is 0. The van der Waals surface area contributed by atoms with Crippen LogP contribution < -0.4 is 14.8 Å². The highest BCUT2D eigenvalue weighted by molar-refractivity contribution is 6.10. The van der Waals surface area contributed by atoms with E-state index in [1.165, 1.54) is 4.90 Å². The fraction of sp³-hybridized carbons (Fsp3) is 0.303. The number of para-hydroxylation sites is 2. The lowest BCUT2D eigenvalue weighted by molar-refractivity contribution is -0.146. The molecule has 3 fully saturated rings. The number of rotatable bonds is 8. The number of carbonyl (C=O) groups excluding carboxylic acids is 3. The Hall–Kier alpha value is -4.39. The van der Waals surface area contributed by atoms with E-state index in [0.717, 1.165) is 12.0 Å². The summed E-state index contributed by atoms with van der Waals surface area (Å²) in [5.74, 6) is 1.54. The smallest absolute Gasteiger partial charge is 0.248 e. The van der Waals surface area contributed by atoms with Crippen molar-refractivity contribution in [3.63, 3.8) is 0 Å². The SMILES string of the molecule is COc1ccccc1Oc1ccc(NC(=O)[C@H](Cc2ccccc2)N2C(=O)[C@@H]3[C@@H]4C=C[C@H]([C@H]5C[C@H]45)[C@@H]3C2=O)cc1. The zero-order valence-corrected chi connectivity index (χ0v) is 22.1. The number of likely N-dealkylation sites (tertiary alicyclic amines) is 1. The molecule has 3 aromatic rings. The number of nitrogens with one attached hydrogen (secondary N) is 1. The highest BCUT2D eigenvalue weighted by atomic mass is 16.5. The molecule has 40 heavy (non-hydrogen) atoms. The van der Waals surface area contributed by atoms with E-state index in [0.29, 0.717) is 34.8 Å². The van der Waals surface area contributed by atoms with Gasteiger partial charge in [0.15, 0.2) is 11.5 Å². The molecule has 0 radical (unpaired) electrons. The number of imide groups is 1. The third kappa shape index (κ3) is 4.08. The molecular formula is C33H30N2O5. The van der Waals surface area contributed by atoms with Crippen molar-refractivity contribution >= 4 is 23.4 Å². The van der Waals surface area contributed by atoms with Crippen LogP contribution in [0.3, 0.4) is 0 Å². The van der Waals surface area contributed by atoms with Gasteiger partial charge in [0.1, 0.15) is 11.8 Å². The molecule has 3 amide bonds. The second-order valence-electron chi connectivity index (χ2n) is 11.2. The zero-order chi connectivity index (χ0) is 27.4. The van der Waals surface area contributed by atoms with Gasteiger partial charge in [-0.1, -0.05) is 54.6 Å². The number of benzene rings is 3. The Morgan fingerprint density at radius 1 is 0.850 bits per heavy atom. The van der Waals surface area contributed by atoms with Crippen molar-refractivity contribution in [2.75, 3.05) is 12.4 Å². The van der Waals surface area contributed by atoms with Crippen LogP contribution in [-0.4, -0.2) is 35.8 Å². The van der Waals surface area contributed by atoms with Gasteiger partial charge < -0.3 is 14.8 Å². The number of nitrogens with zero attached hydrogens (tertiary/aromatic N) is 1. The van der Waals surface area contributed by atoms with Crippen LogP contribution in [0.5, 0.6) is 17.2 Å². The number of anilines is 1. The fourth-order valence-corrected chi connectivity index (χ4v) is 7.09. The third-order valence-electron chi connectivity index (χ3n) is 9.00. The van der Waals surface area contributed by atoms with Gasteiger partial charge in [-0.2, -0.15) is 0 Å². The van der Waals surface area contributed by atoms with E-state index in [-0.39, 0.29) is 47.8 Å². The van der Waals surface area contributed by atoms with Gasteiger partial charge in [-0.25, -0.2) is 0 Å². The Kier molecular flexibility index (Phi) is 5.95. The Balaban J connectivity index is 1.13. The molecule has 2 bridgehead atoms. The average molecular weight is 535 g/mol. The van der Waals surface area contributed by atoms with Gasteiger partial charge in [0.25, 0.3) is 0 Å². The van der Waals surface area contributed by atoms with Crippen LogP contribution in [0.25, 0.3) is 0 Å². The minimum absolute atomic E-state index is 0.109. The molecule has 7 atom stereocenters. The molecule has 7 nitrogen and oxygen atoms in total. The summed E-state index contributed by atoms with van der Waals surface area (Å²) in [4.78, 5) is 42.7. The van der Waals surface area contributed by atoms with Crippen molar-refractivity contribution in [1.82, 2.24) is 4.90 Å². The van der Waals surface area contributed by atoms with Crippen molar-refractivity contribution in [3.8, 4) is 17.2 Å². The number of ether oxygens (including phenoxy) is 2. The van der Waals surface area contributed by atoms with E-state index in [4.69, 9.17) is 9.47 Å². The van der Waals surface area contributed by atoms with E-state index in [1.807, 2.05) is 54.6 Å². The van der Waals surface area contributed by atoms with Gasteiger partial charge in [-0.3, -0.25) is 19.3 Å². The molecular weight excluding hydrogens is 504 g/mol. The molecule has 0 aromatic heterocycles. The maximum absolute atomic E-state index is 13.8. The van der Waals surface area contributed by atoms with E-state index in [1.54, 1.807) is 31.4 Å². The maximum atomic E-state index is 13.8. The first kappa shape index (κ1) is 24.6. The second kappa shape index (κ2) is 9.66. The topological polar surface area (TPSA) is 84.9 Å². The van der Waals surface area contributed by atoms with Crippen LogP contribution in [0.15, 0.2) is 91.0 Å². The van der Waals surface area contributed by atoms with Crippen LogP contribution in [0.1, 0.15) is 12.0 Å². The van der Waals surface area contributed by atoms with Crippen molar-refractivity contribution in [1.29, 1.82) is 0 Å². The highest BCUT2D eigenvalue weighted by Gasteiger charge is 2.67. The van der Waals surface area contributed by atoms with Crippen LogP contribution in [0, 0.1) is 35.5 Å². The lowest BCUT2D eigenvalue weighted by atomic mass is 9.63. The van der Waals surface area contributed by atoms with Crippen molar-refractivity contribution in [3.05, 3.63) is 96.6 Å². The lowest BCUT2D eigenvalue weighted by Gasteiger charge is -2.37. The van der Waals surface area contributed by atoms with Crippen molar-refractivity contribution in [2.24, 2.45) is 35.5 Å². The first-order chi connectivity index (χ1) is 19.5. The monoisotopic (exact) mass is 534 g/mol. The van der Waals surface area contributed by atoms with Crippen LogP contribution in [-0.2, 0) is 20.8 Å². The quantitative estimate of drug-likeness (QED) is 0.322. The fourth-order valence-electron chi connectivity index (χ4n) is 7.09. The van der Waals surface area contributed by atoms with Crippen molar-refractivity contribution < 1.29 is 23.9 Å². The van der Waals surface area contributed by atoms with E-state index in [2.05, 4.69) is 17.5 Å². The van der Waals surface area contributed by atoms with Gasteiger partial charge in [-0.05, 0) is 72.1 Å². The Morgan fingerprint density at radius 2 is 1.45 bits per heavy atom. The summed E-state index contributed by atoms with van der Waals surface area (Å²) in [6, 6.07) is 23.0. The molecule has 1 aliphatic heterocycles. The molecule has 7 heteroatoms. The van der Waals surface area contributed by atoms with Crippen LogP contribution in [0.4, 0.5) is 5.69 Å². The Labute approximate surface area is 232 Å². The van der Waals surface area contributed by atoms with E-state index < -0.39 is 6.04 Å². The summed E-state index contributed by atoms with van der Waals surface area (Å²) in [5.41, 5.74) is 1.44. The minimum atomic E-state index is -0.937. The molecule has 1 saturated heterocycles. The Morgan fingerprint density at radius 3 is 2.08 bits per heavy atom. The number of hydrogen-bond acceptors (Lipinski definition) is 5. The predicted molar refractivity (Wildman–Crippen MR) is 149 cm³/mol. The number of hydrogen-bond donors (Lipinski definition) is 1. The molecule has 1 heterocycles. The molecule has 1 N–H and O–H groups in total. The molecule has 2 saturated carbocycles. The lowest BCUT2D eigenvalue weighted by Crippen LogP contribution is -2.49. The Bertz CT molecular complexity index is 1460. The van der Waals surface area contributed by atoms with Gasteiger partial charge >= 0.3 is 0 Å². The first-order valence-electron chi connectivity index (χ1n) is 13.8. The molecule has 202 valence electrons. The molecule has 4 aliphatic carbocycles. The molecule has 8 rings (SSSR count). The summed E-state index contributed by atoms with van der Waals surface area (Å²) in [6.45, 7) is 0. The molecule has 0 spiro atoms. The summed E-state index contributed by atoms with van der Waals surface area (Å²) < 4.78 is 11.3. The zero-order valence-electron chi connectivity index (χ0n) is 22.1. The number of amides is 3. The van der Waals surface area contributed by atoms with E-state index >= 15 is 0 Å². The first-order valence-corrected chi connectivity index (χ1v) is 13.8. The number of carbonyl (C=O) groups is 3. The average Bonchev–Trinajstić information content (AvgIpc) is 3.77. The van der Waals surface area contributed by atoms with Gasteiger partial charge in [0.05, 0.1) is 18.9 Å². The van der Waals surface area contributed by atoms with Gasteiger partial charge in [-0.15, -0.1) is 0 Å². The third-order valence-corrected chi connectivity index (χ3v) is 9.00. The standard InChI is InChI=1S/C33H30N2O5/c1-39-27-9-5-6-10-28(27)40-21-13-11-20(12-14-21)34-31(36)26(17-19-7-3-2-4-8-19)35-32(37)29-22-15-16-23(25-18-24(22)25)30(29)33(35)38/h2-16,22-26,29-30H,17-18H2,1H3,(H,34,36)/t22-,23-,24-,25-,26+,29-,30+/m1/s1. The minimum Gasteiger partial charge on any atom is -0.493 e. The summed E-state index contributed by atoms with van der Waals surface area (Å²) in [5, 5.41) is 2.95. The number of methoxy groups -OCH3 is 1. The van der Waals surface area contributed by atoms with Gasteiger partial charge in [0, 0.05) is 12.1 Å². The largest absolute Gasteiger partial charge is 0.493 e. The normalized spacial score (nSPS) is 28.1. The maximum Gasteiger partial charge on any atom is 0.248 e. The van der Waals surface area contributed by atoms with Crippen LogP contribution >= 0.6 is 0 Å². The molecule has 5 aliphatic rings. The van der Waals surface area contributed by atoms with Crippen LogP contribution in [0.2, 0.25) is 0 Å². The second-order valence-corrected chi connectivity index (χ2v) is 11.2. The van der Waals surface area contributed by atoms with E-state index in [9.17, 15) is 14.4 Å². The summed E-state index contributed by atoms with van der Waals surface area (Å²) in [6.07, 6.45) is 5.65. The number of allylic oxidation sites excluding steroid dienone is 2. The molecule has 0 unspecified atom stereocenters. The van der Waals surface area contributed by atoms with Gasteiger partial charge in [0.2, 0.25) is 17.7 Å². The van der Waals surface area contributed by atoms with Crippen molar-refractivity contribution in [2.45, 2.75) is 18.9 Å². The summed E-state index contributed by atoms with van der Waals surface area (Å²) in [7, 11) is 1.58.